The Balaban J connectivity index is 2.34. The molecule has 0 aliphatic rings. The lowest BCUT2D eigenvalue weighted by atomic mass is 10.1. The van der Waals surface area contributed by atoms with Gasteiger partial charge in [-0.1, -0.05) is 12.1 Å². The first-order valence-corrected chi connectivity index (χ1v) is 5.47. The number of nitrogens with two attached hydrogens (primary N) is 1. The molecule has 0 saturated carbocycles. The van der Waals surface area contributed by atoms with Gasteiger partial charge in [-0.05, 0) is 24.6 Å². The number of benzene rings is 1. The second-order valence-electron chi connectivity index (χ2n) is 3.89. The summed E-state index contributed by atoms with van der Waals surface area (Å²) >= 11 is 0. The number of carbonyl (C=O) groups is 1. The van der Waals surface area contributed by atoms with Gasteiger partial charge in [0.1, 0.15) is 6.33 Å². The predicted molar refractivity (Wildman–Crippen MR) is 65.3 cm³/mol. The van der Waals surface area contributed by atoms with Gasteiger partial charge in [0.2, 0.25) is 0 Å². The zero-order chi connectivity index (χ0) is 13.1. The number of methoxy groups -OCH3 is 1. The van der Waals surface area contributed by atoms with E-state index >= 15 is 0 Å². The Morgan fingerprint density at radius 3 is 2.94 bits per heavy atom. The van der Waals surface area contributed by atoms with Crippen molar-refractivity contribution in [3.8, 4) is 5.69 Å². The molecule has 2 rings (SSSR count). The van der Waals surface area contributed by atoms with Crippen molar-refractivity contribution in [2.45, 2.75) is 13.0 Å². The average Bonchev–Trinajstić information content (AvgIpc) is 2.87. The van der Waals surface area contributed by atoms with Crippen LogP contribution < -0.4 is 5.73 Å². The van der Waals surface area contributed by atoms with Gasteiger partial charge in [0.25, 0.3) is 5.82 Å². The van der Waals surface area contributed by atoms with Crippen molar-refractivity contribution in [3.63, 3.8) is 0 Å². The van der Waals surface area contributed by atoms with Gasteiger partial charge in [-0.2, -0.15) is 0 Å². The Morgan fingerprint density at radius 1 is 1.50 bits per heavy atom. The molecular formula is C12H14N4O2. The lowest BCUT2D eigenvalue weighted by molar-refractivity contribution is 0.0587. The molecular weight excluding hydrogens is 232 g/mol. The molecule has 1 heterocycles. The van der Waals surface area contributed by atoms with E-state index in [1.165, 1.54) is 18.1 Å². The molecule has 6 heteroatoms. The normalized spacial score (nSPS) is 12.2. The highest BCUT2D eigenvalue weighted by molar-refractivity contribution is 5.84. The molecule has 0 bridgehead atoms. The van der Waals surface area contributed by atoms with Crippen molar-refractivity contribution < 1.29 is 9.53 Å². The average molecular weight is 246 g/mol. The van der Waals surface area contributed by atoms with E-state index < -0.39 is 5.97 Å². The Kier molecular flexibility index (Phi) is 3.38. The van der Waals surface area contributed by atoms with E-state index in [4.69, 9.17) is 5.73 Å². The summed E-state index contributed by atoms with van der Waals surface area (Å²) < 4.78 is 6.06. The number of hydrogen-bond acceptors (Lipinski definition) is 5. The van der Waals surface area contributed by atoms with Gasteiger partial charge >= 0.3 is 5.97 Å². The number of carbonyl (C=O) groups excluding carboxylic acids is 1. The summed E-state index contributed by atoms with van der Waals surface area (Å²) in [7, 11) is 1.29. The summed E-state index contributed by atoms with van der Waals surface area (Å²) in [6, 6.07) is 7.52. The van der Waals surface area contributed by atoms with Gasteiger partial charge in [0.05, 0.1) is 12.8 Å². The Morgan fingerprint density at radius 2 is 2.28 bits per heavy atom. The Bertz CT molecular complexity index is 563. The van der Waals surface area contributed by atoms with Crippen LogP contribution in [0.5, 0.6) is 0 Å². The minimum atomic E-state index is -0.558. The van der Waals surface area contributed by atoms with Crippen LogP contribution in [-0.4, -0.2) is 27.8 Å². The maximum absolute atomic E-state index is 11.3. The molecule has 0 radical (unpaired) electrons. The maximum Gasteiger partial charge on any atom is 0.377 e. The van der Waals surface area contributed by atoms with Crippen LogP contribution in [0.1, 0.15) is 29.1 Å². The third kappa shape index (κ3) is 2.38. The van der Waals surface area contributed by atoms with Crippen molar-refractivity contribution in [2.24, 2.45) is 5.73 Å². The fourth-order valence-corrected chi connectivity index (χ4v) is 1.52. The van der Waals surface area contributed by atoms with Crippen molar-refractivity contribution in [3.05, 3.63) is 42.0 Å². The summed E-state index contributed by atoms with van der Waals surface area (Å²) in [4.78, 5) is 15.1. The lowest BCUT2D eigenvalue weighted by Gasteiger charge is -2.07. The van der Waals surface area contributed by atoms with Gasteiger partial charge in [-0.15, -0.1) is 5.10 Å². The van der Waals surface area contributed by atoms with Crippen LogP contribution in [0.3, 0.4) is 0 Å². The lowest BCUT2D eigenvalue weighted by Crippen LogP contribution is -2.07. The van der Waals surface area contributed by atoms with E-state index in [1.807, 2.05) is 31.2 Å². The smallest absolute Gasteiger partial charge is 0.377 e. The Hall–Kier alpha value is -2.21. The molecule has 2 aromatic rings. The van der Waals surface area contributed by atoms with Gasteiger partial charge in [-0.25, -0.2) is 14.5 Å². The van der Waals surface area contributed by atoms with E-state index in [-0.39, 0.29) is 11.9 Å². The molecule has 0 spiro atoms. The molecule has 0 aliphatic carbocycles. The summed E-state index contributed by atoms with van der Waals surface area (Å²) in [5.74, 6) is -0.527. The van der Waals surface area contributed by atoms with Crippen molar-refractivity contribution >= 4 is 5.97 Å². The number of ether oxygens (including phenoxy) is 1. The number of aromatic nitrogens is 3. The molecule has 1 aromatic carbocycles. The largest absolute Gasteiger partial charge is 0.463 e. The first kappa shape index (κ1) is 12.3. The van der Waals surface area contributed by atoms with Crippen molar-refractivity contribution in [2.75, 3.05) is 7.11 Å². The standard InChI is InChI=1S/C12H14N4O2/c1-8(13)9-4-3-5-10(6-9)16-7-14-11(15-16)12(17)18-2/h3-8H,13H2,1-2H3. The van der Waals surface area contributed by atoms with Crippen LogP contribution in [0, 0.1) is 0 Å². The molecule has 1 unspecified atom stereocenters. The molecule has 1 atom stereocenters. The molecule has 0 amide bonds. The van der Waals surface area contributed by atoms with E-state index in [0.717, 1.165) is 11.3 Å². The fraction of sp³-hybridized carbons (Fsp3) is 0.250. The van der Waals surface area contributed by atoms with Crippen LogP contribution in [0.25, 0.3) is 5.69 Å². The highest BCUT2D eigenvalue weighted by atomic mass is 16.5. The van der Waals surface area contributed by atoms with Gasteiger partial charge in [-0.3, -0.25) is 0 Å². The first-order chi connectivity index (χ1) is 8.61. The molecule has 0 saturated heterocycles. The minimum absolute atomic E-state index is 0.0312. The van der Waals surface area contributed by atoms with Crippen LogP contribution in [0.15, 0.2) is 30.6 Å². The second kappa shape index (κ2) is 4.97. The van der Waals surface area contributed by atoms with Crippen LogP contribution in [-0.2, 0) is 4.74 Å². The molecule has 2 N–H and O–H groups in total. The highest BCUT2D eigenvalue weighted by Crippen LogP contribution is 2.14. The van der Waals surface area contributed by atoms with Crippen molar-refractivity contribution in [1.82, 2.24) is 14.8 Å². The van der Waals surface area contributed by atoms with Gasteiger partial charge in [0, 0.05) is 6.04 Å². The van der Waals surface area contributed by atoms with E-state index in [1.54, 1.807) is 0 Å². The monoisotopic (exact) mass is 246 g/mol. The third-order valence-electron chi connectivity index (χ3n) is 2.52. The van der Waals surface area contributed by atoms with E-state index in [0.29, 0.717) is 0 Å². The zero-order valence-electron chi connectivity index (χ0n) is 10.2. The molecule has 1 aromatic heterocycles. The number of rotatable bonds is 3. The van der Waals surface area contributed by atoms with Crippen molar-refractivity contribution in [1.29, 1.82) is 0 Å². The number of esters is 1. The summed E-state index contributed by atoms with van der Waals surface area (Å²) in [6.45, 7) is 1.90. The minimum Gasteiger partial charge on any atom is -0.463 e. The van der Waals surface area contributed by atoms with Crippen LogP contribution in [0.4, 0.5) is 0 Å². The quantitative estimate of drug-likeness (QED) is 0.819. The topological polar surface area (TPSA) is 83.0 Å². The first-order valence-electron chi connectivity index (χ1n) is 5.47. The highest BCUT2D eigenvalue weighted by Gasteiger charge is 2.12. The SMILES string of the molecule is COC(=O)c1ncn(-c2cccc(C(C)N)c2)n1. The molecule has 18 heavy (non-hydrogen) atoms. The third-order valence-corrected chi connectivity index (χ3v) is 2.52. The number of nitrogens with zero attached hydrogens (tertiary/aromatic N) is 3. The van der Waals surface area contributed by atoms with Crippen LogP contribution >= 0.6 is 0 Å². The molecule has 6 nitrogen and oxygen atoms in total. The summed E-state index contributed by atoms with van der Waals surface area (Å²) in [5, 5.41) is 4.04. The second-order valence-corrected chi connectivity index (χ2v) is 3.89. The number of hydrogen-bond donors (Lipinski definition) is 1. The zero-order valence-corrected chi connectivity index (χ0v) is 10.2. The molecule has 0 aliphatic heterocycles. The van der Waals surface area contributed by atoms with Gasteiger partial charge < -0.3 is 10.5 Å². The molecule has 94 valence electrons. The maximum atomic E-state index is 11.3. The van der Waals surface area contributed by atoms with E-state index in [2.05, 4.69) is 14.8 Å². The summed E-state index contributed by atoms with van der Waals surface area (Å²) in [5.41, 5.74) is 7.60. The predicted octanol–water partition coefficient (Wildman–Crippen LogP) is 1.07. The Labute approximate surface area is 104 Å². The summed E-state index contributed by atoms with van der Waals surface area (Å²) in [6.07, 6.45) is 1.46. The van der Waals surface area contributed by atoms with Gasteiger partial charge in [0.15, 0.2) is 0 Å². The van der Waals surface area contributed by atoms with E-state index in [9.17, 15) is 4.79 Å². The molecule has 0 fully saturated rings. The van der Waals surface area contributed by atoms with Crippen LogP contribution in [0.2, 0.25) is 0 Å². The fourth-order valence-electron chi connectivity index (χ4n) is 1.52.